The molecule has 0 spiro atoms. The van der Waals surface area contributed by atoms with Crippen LogP contribution in [0.2, 0.25) is 0 Å². The summed E-state index contributed by atoms with van der Waals surface area (Å²) >= 11 is 11.2. The number of halogens is 2. The molecule has 0 N–H and O–H groups in total. The van der Waals surface area contributed by atoms with Crippen molar-refractivity contribution >= 4 is 29.2 Å². The second kappa shape index (κ2) is 6.97. The summed E-state index contributed by atoms with van der Waals surface area (Å²) in [5.74, 6) is 0. The molecule has 84 valence electrons. The summed E-state index contributed by atoms with van der Waals surface area (Å²) in [5.41, 5.74) is 2.17. The highest BCUT2D eigenvalue weighted by molar-refractivity contribution is 6.49. The van der Waals surface area contributed by atoms with E-state index in [0.29, 0.717) is 0 Å². The molecular formula is C12H17Cl2N. The highest BCUT2D eigenvalue weighted by Gasteiger charge is 1.99. The second-order valence-corrected chi connectivity index (χ2v) is 4.56. The predicted octanol–water partition coefficient (Wildman–Crippen LogP) is 4.92. The first-order chi connectivity index (χ1) is 7.24. The minimum absolute atomic E-state index is 0.815. The molecule has 0 aromatic heterocycles. The van der Waals surface area contributed by atoms with Crippen LogP contribution in [0.25, 0.3) is 0 Å². The smallest absolute Gasteiger partial charge is 0.0710 e. The normalized spacial score (nSPS) is 10.3. The van der Waals surface area contributed by atoms with E-state index in [-0.39, 0.29) is 0 Å². The van der Waals surface area contributed by atoms with E-state index in [0.717, 1.165) is 16.0 Å². The fourth-order valence-corrected chi connectivity index (χ4v) is 1.76. The summed E-state index contributed by atoms with van der Waals surface area (Å²) in [4.78, 5) is 0. The first kappa shape index (κ1) is 12.7. The lowest BCUT2D eigenvalue weighted by Gasteiger charge is -2.06. The first-order valence-electron chi connectivity index (χ1n) is 5.44. The zero-order chi connectivity index (χ0) is 11.1. The van der Waals surface area contributed by atoms with Crippen molar-refractivity contribution in [2.24, 2.45) is 0 Å². The molecule has 0 aliphatic carbocycles. The van der Waals surface area contributed by atoms with Crippen molar-refractivity contribution < 1.29 is 0 Å². The van der Waals surface area contributed by atoms with Gasteiger partial charge in [-0.3, -0.25) is 0 Å². The Morgan fingerprint density at radius 3 is 2.20 bits per heavy atom. The van der Waals surface area contributed by atoms with Crippen molar-refractivity contribution in [3.05, 3.63) is 29.8 Å². The topological polar surface area (TPSA) is 3.24 Å². The van der Waals surface area contributed by atoms with E-state index in [1.807, 2.05) is 12.1 Å². The molecule has 1 aromatic rings. The lowest BCUT2D eigenvalue weighted by atomic mass is 10.1. The molecule has 1 nitrogen and oxygen atoms in total. The molecule has 0 aliphatic heterocycles. The number of anilines is 1. The molecule has 0 saturated heterocycles. The van der Waals surface area contributed by atoms with Gasteiger partial charge in [-0.1, -0.05) is 38.3 Å². The van der Waals surface area contributed by atoms with E-state index in [1.54, 1.807) is 0 Å². The summed E-state index contributed by atoms with van der Waals surface area (Å²) in [5, 5.41) is 0. The van der Waals surface area contributed by atoms with Crippen molar-refractivity contribution in [2.75, 3.05) is 3.94 Å². The van der Waals surface area contributed by atoms with Gasteiger partial charge in [-0.05, 0) is 30.5 Å². The number of hydrogen-bond acceptors (Lipinski definition) is 1. The quantitative estimate of drug-likeness (QED) is 0.508. The predicted molar refractivity (Wildman–Crippen MR) is 68.5 cm³/mol. The molecule has 0 saturated carbocycles. The largest absolute Gasteiger partial charge is 0.194 e. The van der Waals surface area contributed by atoms with Crippen LogP contribution in [0.3, 0.4) is 0 Å². The average molecular weight is 246 g/mol. The van der Waals surface area contributed by atoms with Crippen LogP contribution in [0.5, 0.6) is 0 Å². The van der Waals surface area contributed by atoms with Crippen molar-refractivity contribution in [3.8, 4) is 0 Å². The third kappa shape index (κ3) is 4.76. The van der Waals surface area contributed by atoms with Crippen molar-refractivity contribution in [3.63, 3.8) is 0 Å². The number of unbranched alkanes of at least 4 members (excludes halogenated alkanes) is 3. The highest BCUT2D eigenvalue weighted by atomic mass is 35.5. The van der Waals surface area contributed by atoms with Crippen LogP contribution in [0.4, 0.5) is 5.69 Å². The molecule has 15 heavy (non-hydrogen) atoms. The maximum atomic E-state index is 5.60. The fraction of sp³-hybridized carbons (Fsp3) is 0.500. The number of benzene rings is 1. The van der Waals surface area contributed by atoms with Crippen LogP contribution < -0.4 is 3.94 Å². The van der Waals surface area contributed by atoms with E-state index in [1.165, 1.54) is 31.2 Å². The Kier molecular flexibility index (Phi) is 5.89. The molecule has 0 atom stereocenters. The number of nitrogens with zero attached hydrogens (tertiary/aromatic N) is 1. The van der Waals surface area contributed by atoms with Crippen molar-refractivity contribution in [2.45, 2.75) is 39.0 Å². The maximum Gasteiger partial charge on any atom is 0.0710 e. The van der Waals surface area contributed by atoms with Crippen LogP contribution in [0.15, 0.2) is 24.3 Å². The van der Waals surface area contributed by atoms with Crippen molar-refractivity contribution in [1.82, 2.24) is 0 Å². The third-order valence-corrected chi connectivity index (χ3v) is 2.84. The molecule has 0 heterocycles. The van der Waals surface area contributed by atoms with E-state index in [9.17, 15) is 0 Å². The van der Waals surface area contributed by atoms with Gasteiger partial charge in [-0.15, -0.1) is 0 Å². The van der Waals surface area contributed by atoms with Gasteiger partial charge in [0.05, 0.1) is 5.69 Å². The molecule has 0 aliphatic rings. The molecule has 3 heteroatoms. The standard InChI is InChI=1S/C12H17Cl2N/c1-2-3-4-5-6-11-7-9-12(10-8-11)15(13)14/h7-10H,2-6H2,1H3. The average Bonchev–Trinajstić information content (AvgIpc) is 2.25. The first-order valence-corrected chi connectivity index (χ1v) is 6.12. The Morgan fingerprint density at radius 1 is 1.00 bits per heavy atom. The lowest BCUT2D eigenvalue weighted by molar-refractivity contribution is 0.667. The molecular weight excluding hydrogens is 229 g/mol. The van der Waals surface area contributed by atoms with Gasteiger partial charge in [0, 0.05) is 23.6 Å². The van der Waals surface area contributed by atoms with Crippen LogP contribution in [0.1, 0.15) is 38.2 Å². The van der Waals surface area contributed by atoms with E-state index >= 15 is 0 Å². The van der Waals surface area contributed by atoms with Gasteiger partial charge >= 0.3 is 0 Å². The zero-order valence-corrected chi connectivity index (χ0v) is 10.6. The lowest BCUT2D eigenvalue weighted by Crippen LogP contribution is -1.92. The SMILES string of the molecule is CCCCCCc1ccc(N(Cl)Cl)cc1. The monoisotopic (exact) mass is 245 g/mol. The van der Waals surface area contributed by atoms with E-state index in [4.69, 9.17) is 23.6 Å². The summed E-state index contributed by atoms with van der Waals surface area (Å²) in [6.07, 6.45) is 6.33. The fourth-order valence-electron chi connectivity index (χ4n) is 1.53. The number of rotatable bonds is 6. The molecule has 0 amide bonds. The van der Waals surface area contributed by atoms with Crippen LogP contribution in [-0.4, -0.2) is 0 Å². The molecule has 1 rings (SSSR count). The van der Waals surface area contributed by atoms with Gasteiger partial charge in [0.1, 0.15) is 0 Å². The van der Waals surface area contributed by atoms with Gasteiger partial charge in [-0.2, -0.15) is 3.94 Å². The van der Waals surface area contributed by atoms with Crippen LogP contribution in [-0.2, 0) is 6.42 Å². The van der Waals surface area contributed by atoms with E-state index < -0.39 is 0 Å². The van der Waals surface area contributed by atoms with Crippen molar-refractivity contribution in [1.29, 1.82) is 0 Å². The molecule has 0 bridgehead atoms. The Hall–Kier alpha value is -0.400. The second-order valence-electron chi connectivity index (χ2n) is 3.71. The Bertz CT molecular complexity index is 269. The van der Waals surface area contributed by atoms with Gasteiger partial charge in [0.25, 0.3) is 0 Å². The highest BCUT2D eigenvalue weighted by Crippen LogP contribution is 2.20. The Labute approximate surface area is 102 Å². The van der Waals surface area contributed by atoms with Crippen LogP contribution >= 0.6 is 23.6 Å². The molecule has 1 aromatic carbocycles. The Balaban J connectivity index is 2.36. The summed E-state index contributed by atoms with van der Waals surface area (Å²) in [7, 11) is 0. The minimum atomic E-state index is 0.815. The zero-order valence-electron chi connectivity index (χ0n) is 9.05. The third-order valence-electron chi connectivity index (χ3n) is 2.45. The summed E-state index contributed by atoms with van der Waals surface area (Å²) in [6, 6.07) is 8.04. The van der Waals surface area contributed by atoms with E-state index in [2.05, 4.69) is 19.1 Å². The van der Waals surface area contributed by atoms with Gasteiger partial charge in [0.2, 0.25) is 0 Å². The summed E-state index contributed by atoms with van der Waals surface area (Å²) < 4.78 is 1.08. The molecule has 0 fully saturated rings. The maximum absolute atomic E-state index is 5.60. The molecule has 0 radical (unpaired) electrons. The van der Waals surface area contributed by atoms with Gasteiger partial charge < -0.3 is 0 Å². The molecule has 0 unspecified atom stereocenters. The number of aryl methyl sites for hydroxylation is 1. The van der Waals surface area contributed by atoms with Crippen LogP contribution in [0, 0.1) is 0 Å². The summed E-state index contributed by atoms with van der Waals surface area (Å²) in [6.45, 7) is 2.23. The Morgan fingerprint density at radius 2 is 1.67 bits per heavy atom. The number of hydrogen-bond donors (Lipinski definition) is 0. The minimum Gasteiger partial charge on any atom is -0.194 e. The van der Waals surface area contributed by atoms with Gasteiger partial charge in [0.15, 0.2) is 0 Å². The van der Waals surface area contributed by atoms with Gasteiger partial charge in [-0.25, -0.2) is 0 Å².